The SMILES string of the molecule is Cc1ccc(Nc2cc(C(=O)O)c([N+](=O)[O-])cn2)cn1. The lowest BCUT2D eigenvalue weighted by Crippen LogP contribution is -2.05. The van der Waals surface area contributed by atoms with Crippen molar-refractivity contribution in [1.82, 2.24) is 9.97 Å². The van der Waals surface area contributed by atoms with Crippen molar-refractivity contribution in [2.24, 2.45) is 0 Å². The Morgan fingerprint density at radius 1 is 1.35 bits per heavy atom. The van der Waals surface area contributed by atoms with Crippen LogP contribution in [-0.4, -0.2) is 26.0 Å². The summed E-state index contributed by atoms with van der Waals surface area (Å²) in [5.41, 5.74) is 0.462. The second kappa shape index (κ2) is 5.31. The fourth-order valence-corrected chi connectivity index (χ4v) is 1.52. The van der Waals surface area contributed by atoms with Gasteiger partial charge in [-0.25, -0.2) is 9.78 Å². The third kappa shape index (κ3) is 2.86. The molecule has 0 fully saturated rings. The molecule has 0 aliphatic heterocycles. The van der Waals surface area contributed by atoms with Crippen molar-refractivity contribution in [1.29, 1.82) is 0 Å². The molecule has 2 N–H and O–H groups in total. The molecular weight excluding hydrogens is 264 g/mol. The van der Waals surface area contributed by atoms with Crippen molar-refractivity contribution in [3.05, 3.63) is 52.0 Å². The number of pyridine rings is 2. The molecule has 2 rings (SSSR count). The van der Waals surface area contributed by atoms with Crippen LogP contribution in [0.1, 0.15) is 16.1 Å². The molecule has 0 radical (unpaired) electrons. The van der Waals surface area contributed by atoms with Gasteiger partial charge in [0.05, 0.1) is 16.8 Å². The summed E-state index contributed by atoms with van der Waals surface area (Å²) < 4.78 is 0. The molecule has 0 saturated carbocycles. The smallest absolute Gasteiger partial charge is 0.342 e. The fraction of sp³-hybridized carbons (Fsp3) is 0.0833. The van der Waals surface area contributed by atoms with Gasteiger partial charge in [-0.2, -0.15) is 0 Å². The molecule has 8 nitrogen and oxygen atoms in total. The number of rotatable bonds is 4. The van der Waals surface area contributed by atoms with Gasteiger partial charge in [0.25, 0.3) is 0 Å². The minimum atomic E-state index is -1.39. The van der Waals surface area contributed by atoms with Crippen LogP contribution in [0.5, 0.6) is 0 Å². The van der Waals surface area contributed by atoms with Crippen LogP contribution in [0.15, 0.2) is 30.6 Å². The molecule has 0 unspecified atom stereocenters. The predicted molar refractivity (Wildman–Crippen MR) is 70.1 cm³/mol. The van der Waals surface area contributed by atoms with Crippen LogP contribution in [0.3, 0.4) is 0 Å². The monoisotopic (exact) mass is 274 g/mol. The molecule has 0 atom stereocenters. The van der Waals surface area contributed by atoms with Gasteiger partial charge in [0.15, 0.2) is 0 Å². The molecule has 20 heavy (non-hydrogen) atoms. The van der Waals surface area contributed by atoms with Gasteiger partial charge in [-0.15, -0.1) is 0 Å². The highest BCUT2D eigenvalue weighted by molar-refractivity contribution is 5.93. The van der Waals surface area contributed by atoms with Crippen molar-refractivity contribution in [3.63, 3.8) is 0 Å². The van der Waals surface area contributed by atoms with Crippen molar-refractivity contribution in [2.75, 3.05) is 5.32 Å². The van der Waals surface area contributed by atoms with Gasteiger partial charge in [-0.1, -0.05) is 0 Å². The molecule has 8 heteroatoms. The van der Waals surface area contributed by atoms with Crippen molar-refractivity contribution in [3.8, 4) is 0 Å². The number of aromatic carboxylic acids is 1. The summed E-state index contributed by atoms with van der Waals surface area (Å²) in [6, 6.07) is 4.62. The van der Waals surface area contributed by atoms with E-state index >= 15 is 0 Å². The second-order valence-electron chi connectivity index (χ2n) is 3.96. The maximum Gasteiger partial charge on any atom is 0.342 e. The van der Waals surface area contributed by atoms with Gasteiger partial charge in [-0.05, 0) is 19.1 Å². The molecular formula is C12H10N4O4. The van der Waals surface area contributed by atoms with Crippen molar-refractivity contribution < 1.29 is 14.8 Å². The zero-order chi connectivity index (χ0) is 14.7. The van der Waals surface area contributed by atoms with Crippen LogP contribution < -0.4 is 5.32 Å². The molecule has 0 aliphatic carbocycles. The summed E-state index contributed by atoms with van der Waals surface area (Å²) >= 11 is 0. The average Bonchev–Trinajstić information content (AvgIpc) is 2.41. The van der Waals surface area contributed by atoms with E-state index in [0.29, 0.717) is 5.69 Å². The van der Waals surface area contributed by atoms with E-state index in [9.17, 15) is 14.9 Å². The Bertz CT molecular complexity index is 670. The molecule has 2 aromatic rings. The van der Waals surface area contributed by atoms with Crippen LogP contribution in [0.2, 0.25) is 0 Å². The minimum absolute atomic E-state index is 0.193. The summed E-state index contributed by atoms with van der Waals surface area (Å²) in [6.45, 7) is 1.83. The molecule has 102 valence electrons. The lowest BCUT2D eigenvalue weighted by Gasteiger charge is -2.06. The van der Waals surface area contributed by atoms with E-state index in [0.717, 1.165) is 18.0 Å². The van der Waals surface area contributed by atoms with Crippen LogP contribution in [0, 0.1) is 17.0 Å². The van der Waals surface area contributed by atoms with Crippen LogP contribution in [-0.2, 0) is 0 Å². The Labute approximate surface area is 113 Å². The standard InChI is InChI=1S/C12H10N4O4/c1-7-2-3-8(5-13-7)15-11-4-9(12(17)18)10(6-14-11)16(19)20/h2-6H,1H3,(H,14,15)(H,17,18). The van der Waals surface area contributed by atoms with Crippen molar-refractivity contribution in [2.45, 2.75) is 6.92 Å². The van der Waals surface area contributed by atoms with Gasteiger partial charge in [0, 0.05) is 11.8 Å². The minimum Gasteiger partial charge on any atom is -0.477 e. The average molecular weight is 274 g/mol. The number of carboxylic acid groups (broad SMARTS) is 1. The lowest BCUT2D eigenvalue weighted by molar-refractivity contribution is -0.385. The van der Waals surface area contributed by atoms with E-state index in [1.54, 1.807) is 18.3 Å². The predicted octanol–water partition coefficient (Wildman–Crippen LogP) is 2.14. The van der Waals surface area contributed by atoms with E-state index < -0.39 is 22.1 Å². The molecule has 2 aromatic heterocycles. The first-order valence-electron chi connectivity index (χ1n) is 5.55. The van der Waals surface area contributed by atoms with Gasteiger partial charge in [0.1, 0.15) is 17.6 Å². The number of aromatic nitrogens is 2. The van der Waals surface area contributed by atoms with Crippen LogP contribution in [0.4, 0.5) is 17.2 Å². The number of anilines is 2. The topological polar surface area (TPSA) is 118 Å². The number of nitro groups is 1. The first kappa shape index (κ1) is 13.4. The number of hydrogen-bond acceptors (Lipinski definition) is 6. The third-order valence-electron chi connectivity index (χ3n) is 2.49. The summed E-state index contributed by atoms with van der Waals surface area (Å²) in [5, 5.41) is 22.5. The van der Waals surface area contributed by atoms with Crippen LogP contribution >= 0.6 is 0 Å². The number of nitrogens with zero attached hydrogens (tertiary/aromatic N) is 3. The Kier molecular flexibility index (Phi) is 3.56. The van der Waals surface area contributed by atoms with E-state index in [-0.39, 0.29) is 5.82 Å². The third-order valence-corrected chi connectivity index (χ3v) is 2.49. The van der Waals surface area contributed by atoms with Gasteiger partial charge >= 0.3 is 11.7 Å². The van der Waals surface area contributed by atoms with Gasteiger partial charge in [0.2, 0.25) is 0 Å². The maximum absolute atomic E-state index is 11.0. The molecule has 0 bridgehead atoms. The molecule has 0 saturated heterocycles. The largest absolute Gasteiger partial charge is 0.477 e. The number of hydrogen-bond donors (Lipinski definition) is 2. The molecule has 2 heterocycles. The molecule has 0 spiro atoms. The summed E-state index contributed by atoms with van der Waals surface area (Å²) in [7, 11) is 0. The first-order chi connectivity index (χ1) is 9.47. The lowest BCUT2D eigenvalue weighted by atomic mass is 10.2. The molecule has 0 aliphatic rings. The number of aryl methyl sites for hydroxylation is 1. The van der Waals surface area contributed by atoms with E-state index in [1.807, 2.05) is 6.92 Å². The summed E-state index contributed by atoms with van der Waals surface area (Å²) in [5.74, 6) is -1.19. The van der Waals surface area contributed by atoms with E-state index in [1.165, 1.54) is 0 Å². The summed E-state index contributed by atoms with van der Waals surface area (Å²) in [6.07, 6.45) is 2.46. The van der Waals surface area contributed by atoms with E-state index in [4.69, 9.17) is 5.11 Å². The maximum atomic E-state index is 11.0. The zero-order valence-corrected chi connectivity index (χ0v) is 10.4. The molecule has 0 amide bonds. The first-order valence-corrected chi connectivity index (χ1v) is 5.55. The highest BCUT2D eigenvalue weighted by Crippen LogP contribution is 2.22. The Balaban J connectivity index is 2.34. The summed E-state index contributed by atoms with van der Waals surface area (Å²) in [4.78, 5) is 28.8. The quantitative estimate of drug-likeness (QED) is 0.647. The second-order valence-corrected chi connectivity index (χ2v) is 3.96. The molecule has 0 aromatic carbocycles. The zero-order valence-electron chi connectivity index (χ0n) is 10.4. The van der Waals surface area contributed by atoms with Gasteiger partial charge in [-0.3, -0.25) is 15.1 Å². The Hall–Kier alpha value is -3.03. The van der Waals surface area contributed by atoms with Gasteiger partial charge < -0.3 is 10.4 Å². The number of carboxylic acids is 1. The number of carbonyl (C=O) groups is 1. The normalized spacial score (nSPS) is 10.1. The Morgan fingerprint density at radius 2 is 2.10 bits per heavy atom. The van der Waals surface area contributed by atoms with Crippen molar-refractivity contribution >= 4 is 23.2 Å². The highest BCUT2D eigenvalue weighted by atomic mass is 16.6. The highest BCUT2D eigenvalue weighted by Gasteiger charge is 2.21. The van der Waals surface area contributed by atoms with E-state index in [2.05, 4.69) is 15.3 Å². The Morgan fingerprint density at radius 3 is 2.65 bits per heavy atom. The van der Waals surface area contributed by atoms with Crippen LogP contribution in [0.25, 0.3) is 0 Å². The number of nitrogens with one attached hydrogen (secondary N) is 1. The fourth-order valence-electron chi connectivity index (χ4n) is 1.52.